The van der Waals surface area contributed by atoms with Gasteiger partial charge in [0.15, 0.2) is 5.78 Å². The highest BCUT2D eigenvalue weighted by molar-refractivity contribution is 5.98. The van der Waals surface area contributed by atoms with Crippen molar-refractivity contribution in [3.63, 3.8) is 0 Å². The Morgan fingerprint density at radius 3 is 2.46 bits per heavy atom. The summed E-state index contributed by atoms with van der Waals surface area (Å²) in [6, 6.07) is 13.6. The van der Waals surface area contributed by atoms with Crippen molar-refractivity contribution in [3.8, 4) is 0 Å². The molecule has 1 amide bonds. The topological polar surface area (TPSA) is 49.4 Å². The molecule has 4 nitrogen and oxygen atoms in total. The smallest absolute Gasteiger partial charge is 0.221 e. The normalized spacial score (nSPS) is 17.7. The number of ketones is 1. The molecule has 2 aromatic carbocycles. The van der Waals surface area contributed by atoms with Crippen molar-refractivity contribution in [1.29, 1.82) is 0 Å². The van der Waals surface area contributed by atoms with Gasteiger partial charge >= 0.3 is 0 Å². The third-order valence-corrected chi connectivity index (χ3v) is 4.69. The predicted octanol–water partition coefficient (Wildman–Crippen LogP) is 3.88. The largest absolute Gasteiger partial charge is 0.326 e. The number of hydrogen-bond donors (Lipinski definition) is 1. The number of likely N-dealkylation sites (tertiary alicyclic amines) is 1. The van der Waals surface area contributed by atoms with Crippen LogP contribution in [0.5, 0.6) is 0 Å². The van der Waals surface area contributed by atoms with Crippen molar-refractivity contribution in [1.82, 2.24) is 4.90 Å². The zero-order chi connectivity index (χ0) is 18.5. The lowest BCUT2D eigenvalue weighted by Gasteiger charge is -2.32. The minimum atomic E-state index is -0.325. The number of rotatable bonds is 5. The number of hydrogen-bond acceptors (Lipinski definition) is 3. The van der Waals surface area contributed by atoms with Gasteiger partial charge in [-0.25, -0.2) is 4.39 Å². The van der Waals surface area contributed by atoms with Crippen LogP contribution in [0.1, 0.15) is 35.7 Å². The van der Waals surface area contributed by atoms with Crippen molar-refractivity contribution in [3.05, 3.63) is 65.5 Å². The Hall–Kier alpha value is -2.53. The highest BCUT2D eigenvalue weighted by Gasteiger charge is 2.26. The fourth-order valence-electron chi connectivity index (χ4n) is 3.42. The maximum absolute atomic E-state index is 13.1. The van der Waals surface area contributed by atoms with E-state index in [2.05, 4.69) is 10.2 Å². The molecule has 0 saturated carbocycles. The number of halogens is 1. The maximum Gasteiger partial charge on any atom is 0.221 e. The first-order chi connectivity index (χ1) is 12.5. The molecule has 0 radical (unpaired) electrons. The number of Topliss-reactive ketones (excluding diaryl/α,β-unsaturated/α-hetero) is 1. The molecule has 0 aromatic heterocycles. The molecule has 1 fully saturated rings. The van der Waals surface area contributed by atoms with Gasteiger partial charge < -0.3 is 5.32 Å². The standard InChI is InChI=1S/C21H23FN2O2/c1-15(25)23-20-10-4-16(5-11-20)13-24-12-2-3-18(14-24)21(26)17-6-8-19(22)9-7-17/h4-11,18H,2-3,12-14H2,1H3,(H,23,25). The lowest BCUT2D eigenvalue weighted by atomic mass is 9.90. The van der Waals surface area contributed by atoms with E-state index in [-0.39, 0.29) is 23.4 Å². The lowest BCUT2D eigenvalue weighted by Crippen LogP contribution is -2.38. The van der Waals surface area contributed by atoms with Crippen LogP contribution in [0.2, 0.25) is 0 Å². The van der Waals surface area contributed by atoms with Crippen molar-refractivity contribution in [2.24, 2.45) is 5.92 Å². The number of carbonyl (C=O) groups is 2. The number of piperidine rings is 1. The molecule has 26 heavy (non-hydrogen) atoms. The zero-order valence-corrected chi connectivity index (χ0v) is 14.9. The van der Waals surface area contributed by atoms with Crippen molar-refractivity contribution in [2.75, 3.05) is 18.4 Å². The van der Waals surface area contributed by atoms with Crippen LogP contribution < -0.4 is 5.32 Å². The van der Waals surface area contributed by atoms with Crippen LogP contribution in [0.15, 0.2) is 48.5 Å². The average Bonchev–Trinajstić information content (AvgIpc) is 2.63. The summed E-state index contributed by atoms with van der Waals surface area (Å²) in [5, 5.41) is 2.76. The molecule has 3 rings (SSSR count). The molecule has 0 aliphatic carbocycles. The van der Waals surface area contributed by atoms with E-state index in [0.717, 1.165) is 37.2 Å². The van der Waals surface area contributed by atoms with Gasteiger partial charge in [-0.05, 0) is 61.3 Å². The van der Waals surface area contributed by atoms with Crippen LogP contribution in [0, 0.1) is 11.7 Å². The summed E-state index contributed by atoms with van der Waals surface area (Å²) in [7, 11) is 0. The second kappa shape index (κ2) is 8.23. The molecular weight excluding hydrogens is 331 g/mol. The number of benzene rings is 2. The lowest BCUT2D eigenvalue weighted by molar-refractivity contribution is -0.114. The van der Waals surface area contributed by atoms with Crippen LogP contribution in [-0.2, 0) is 11.3 Å². The van der Waals surface area contributed by atoms with E-state index in [1.54, 1.807) is 12.1 Å². The third kappa shape index (κ3) is 4.76. The average molecular weight is 354 g/mol. The van der Waals surface area contributed by atoms with E-state index in [0.29, 0.717) is 12.1 Å². The number of nitrogens with zero attached hydrogens (tertiary/aromatic N) is 1. The summed E-state index contributed by atoms with van der Waals surface area (Å²) in [5.74, 6) is -0.367. The molecule has 1 unspecified atom stereocenters. The first-order valence-electron chi connectivity index (χ1n) is 8.90. The summed E-state index contributed by atoms with van der Waals surface area (Å²) in [6.07, 6.45) is 1.84. The first kappa shape index (κ1) is 18.3. The summed E-state index contributed by atoms with van der Waals surface area (Å²) in [6.45, 7) is 3.93. The van der Waals surface area contributed by atoms with Gasteiger partial charge in [0, 0.05) is 37.2 Å². The van der Waals surface area contributed by atoms with Crippen molar-refractivity contribution >= 4 is 17.4 Å². The molecule has 1 saturated heterocycles. The molecule has 1 heterocycles. The number of carbonyl (C=O) groups excluding carboxylic acids is 2. The highest BCUT2D eigenvalue weighted by Crippen LogP contribution is 2.23. The third-order valence-electron chi connectivity index (χ3n) is 4.69. The number of nitrogens with one attached hydrogen (secondary N) is 1. The van der Waals surface area contributed by atoms with Crippen LogP contribution in [-0.4, -0.2) is 29.7 Å². The van der Waals surface area contributed by atoms with Gasteiger partial charge in [0.25, 0.3) is 0 Å². The first-order valence-corrected chi connectivity index (χ1v) is 8.90. The molecule has 0 bridgehead atoms. The second-order valence-electron chi connectivity index (χ2n) is 6.82. The van der Waals surface area contributed by atoms with Gasteiger partial charge in [0.05, 0.1) is 0 Å². The molecule has 1 N–H and O–H groups in total. The second-order valence-corrected chi connectivity index (χ2v) is 6.82. The fourth-order valence-corrected chi connectivity index (χ4v) is 3.42. The van der Waals surface area contributed by atoms with E-state index in [9.17, 15) is 14.0 Å². The minimum Gasteiger partial charge on any atom is -0.326 e. The molecule has 1 aliphatic heterocycles. The highest BCUT2D eigenvalue weighted by atomic mass is 19.1. The van der Waals surface area contributed by atoms with Crippen LogP contribution in [0.3, 0.4) is 0 Å². The Balaban J connectivity index is 1.60. The predicted molar refractivity (Wildman–Crippen MR) is 99.5 cm³/mol. The molecule has 5 heteroatoms. The van der Waals surface area contributed by atoms with E-state index < -0.39 is 0 Å². The van der Waals surface area contributed by atoms with Crippen LogP contribution in [0.25, 0.3) is 0 Å². The Kier molecular flexibility index (Phi) is 5.78. The van der Waals surface area contributed by atoms with Gasteiger partial charge in [0.1, 0.15) is 5.82 Å². The number of amides is 1. The molecule has 1 atom stereocenters. The van der Waals surface area contributed by atoms with Crippen molar-refractivity contribution in [2.45, 2.75) is 26.3 Å². The van der Waals surface area contributed by atoms with Gasteiger partial charge in [-0.3, -0.25) is 14.5 Å². The van der Waals surface area contributed by atoms with E-state index in [4.69, 9.17) is 0 Å². The molecule has 136 valence electrons. The van der Waals surface area contributed by atoms with Gasteiger partial charge in [-0.1, -0.05) is 12.1 Å². The Morgan fingerprint density at radius 1 is 1.12 bits per heavy atom. The van der Waals surface area contributed by atoms with Gasteiger partial charge in [0.2, 0.25) is 5.91 Å². The van der Waals surface area contributed by atoms with Gasteiger partial charge in [-0.15, -0.1) is 0 Å². The molecule has 0 spiro atoms. The van der Waals surface area contributed by atoms with Crippen LogP contribution in [0.4, 0.5) is 10.1 Å². The zero-order valence-electron chi connectivity index (χ0n) is 14.9. The summed E-state index contributed by atoms with van der Waals surface area (Å²) in [5.41, 5.74) is 2.51. The van der Waals surface area contributed by atoms with E-state index in [1.807, 2.05) is 24.3 Å². The summed E-state index contributed by atoms with van der Waals surface area (Å²) < 4.78 is 13.1. The Labute approximate surface area is 153 Å². The summed E-state index contributed by atoms with van der Waals surface area (Å²) >= 11 is 0. The van der Waals surface area contributed by atoms with E-state index in [1.165, 1.54) is 19.1 Å². The monoisotopic (exact) mass is 354 g/mol. The maximum atomic E-state index is 13.1. The Bertz CT molecular complexity index is 772. The SMILES string of the molecule is CC(=O)Nc1ccc(CN2CCCC(C(=O)c3ccc(F)cc3)C2)cc1. The summed E-state index contributed by atoms with van der Waals surface area (Å²) in [4.78, 5) is 26.0. The quantitative estimate of drug-likeness (QED) is 0.829. The molecule has 2 aromatic rings. The fraction of sp³-hybridized carbons (Fsp3) is 0.333. The van der Waals surface area contributed by atoms with Crippen molar-refractivity contribution < 1.29 is 14.0 Å². The number of anilines is 1. The van der Waals surface area contributed by atoms with Crippen LogP contribution >= 0.6 is 0 Å². The minimum absolute atomic E-state index is 0.0483. The molecule has 1 aliphatic rings. The Morgan fingerprint density at radius 2 is 1.81 bits per heavy atom. The molecular formula is C21H23FN2O2. The van der Waals surface area contributed by atoms with Gasteiger partial charge in [-0.2, -0.15) is 0 Å². The van der Waals surface area contributed by atoms with E-state index >= 15 is 0 Å².